The molecule has 8 heteroatoms. The van der Waals surface area contributed by atoms with Crippen LogP contribution in [0.5, 0.6) is 0 Å². The van der Waals surface area contributed by atoms with Crippen molar-refractivity contribution in [3.8, 4) is 0 Å². The van der Waals surface area contributed by atoms with Gasteiger partial charge in [0.2, 0.25) is 10.0 Å². The molecule has 2 rings (SSSR count). The lowest BCUT2D eigenvalue weighted by molar-refractivity contribution is -0.147. The number of nitrogens with zero attached hydrogens (tertiary/aromatic N) is 1. The lowest BCUT2D eigenvalue weighted by Crippen LogP contribution is -2.48. The van der Waals surface area contributed by atoms with Crippen LogP contribution in [-0.4, -0.2) is 50.9 Å². The molecule has 0 unspecified atom stereocenters. The number of amides is 1. The molecule has 1 aromatic carbocycles. The molecule has 1 fully saturated rings. The molecule has 1 atom stereocenters. The van der Waals surface area contributed by atoms with Crippen LogP contribution in [-0.2, 0) is 19.6 Å². The molecule has 1 heterocycles. The van der Waals surface area contributed by atoms with Gasteiger partial charge in [0.25, 0.3) is 5.91 Å². The Labute approximate surface area is 148 Å². The van der Waals surface area contributed by atoms with Crippen LogP contribution in [0.25, 0.3) is 0 Å². The summed E-state index contributed by atoms with van der Waals surface area (Å²) in [6.45, 7) is 3.95. The first kappa shape index (κ1) is 19.4. The minimum Gasteiger partial charge on any atom is -0.467 e. The average Bonchev–Trinajstić information content (AvgIpc) is 2.59. The Hall–Kier alpha value is -1.93. The lowest BCUT2D eigenvalue weighted by atomic mass is 10.0. The first-order valence-corrected chi connectivity index (χ1v) is 9.76. The largest absolute Gasteiger partial charge is 0.467 e. The van der Waals surface area contributed by atoms with E-state index in [0.717, 1.165) is 12.8 Å². The highest BCUT2D eigenvalue weighted by Gasteiger charge is 2.33. The number of benzene rings is 1. The van der Waals surface area contributed by atoms with Crippen LogP contribution in [0.3, 0.4) is 0 Å². The number of nitrogens with one attached hydrogen (secondary N) is 1. The van der Waals surface area contributed by atoms with Crippen molar-refractivity contribution in [1.29, 1.82) is 0 Å². The van der Waals surface area contributed by atoms with Crippen molar-refractivity contribution in [2.24, 2.45) is 0 Å². The Balaban J connectivity index is 2.21. The van der Waals surface area contributed by atoms with Crippen LogP contribution in [0.4, 0.5) is 0 Å². The van der Waals surface area contributed by atoms with E-state index >= 15 is 0 Å². The fourth-order valence-corrected chi connectivity index (χ4v) is 4.13. The van der Waals surface area contributed by atoms with Gasteiger partial charge in [-0.15, -0.1) is 0 Å². The molecule has 0 spiro atoms. The van der Waals surface area contributed by atoms with Gasteiger partial charge < -0.3 is 9.64 Å². The molecule has 1 aliphatic rings. The van der Waals surface area contributed by atoms with E-state index in [1.54, 1.807) is 13.8 Å². The molecule has 0 aliphatic carbocycles. The maximum atomic E-state index is 12.7. The van der Waals surface area contributed by atoms with E-state index in [-0.39, 0.29) is 16.8 Å². The number of rotatable bonds is 5. The number of ether oxygens (including phenoxy) is 1. The molecule has 0 aromatic heterocycles. The van der Waals surface area contributed by atoms with Crippen LogP contribution in [0, 0.1) is 0 Å². The molecular weight excluding hydrogens is 344 g/mol. The summed E-state index contributed by atoms with van der Waals surface area (Å²) in [4.78, 5) is 26.2. The van der Waals surface area contributed by atoms with Gasteiger partial charge in [0, 0.05) is 18.2 Å². The minimum absolute atomic E-state index is 0.0981. The van der Waals surface area contributed by atoms with Gasteiger partial charge in [-0.25, -0.2) is 17.9 Å². The molecule has 0 radical (unpaired) electrons. The number of methoxy groups -OCH3 is 1. The highest BCUT2D eigenvalue weighted by Crippen LogP contribution is 2.21. The van der Waals surface area contributed by atoms with Gasteiger partial charge in [0.05, 0.1) is 12.0 Å². The van der Waals surface area contributed by atoms with Gasteiger partial charge in [0.15, 0.2) is 0 Å². The average molecular weight is 368 g/mol. The summed E-state index contributed by atoms with van der Waals surface area (Å²) < 4.78 is 31.6. The number of likely N-dealkylation sites (tertiary alicyclic amines) is 1. The number of sulfonamides is 1. The fourth-order valence-electron chi connectivity index (χ4n) is 2.88. The third kappa shape index (κ3) is 4.58. The monoisotopic (exact) mass is 368 g/mol. The zero-order valence-corrected chi connectivity index (χ0v) is 15.5. The minimum atomic E-state index is -3.60. The summed E-state index contributed by atoms with van der Waals surface area (Å²) in [5.41, 5.74) is 0.347. The van der Waals surface area contributed by atoms with Gasteiger partial charge in [-0.1, -0.05) is 0 Å². The van der Waals surface area contributed by atoms with Crippen LogP contribution < -0.4 is 4.72 Å². The smallest absolute Gasteiger partial charge is 0.328 e. The van der Waals surface area contributed by atoms with Crippen LogP contribution in [0.1, 0.15) is 43.5 Å². The van der Waals surface area contributed by atoms with E-state index in [2.05, 4.69) is 4.72 Å². The summed E-state index contributed by atoms with van der Waals surface area (Å²) in [5, 5.41) is 0. The molecule has 0 bridgehead atoms. The standard InChI is InChI=1S/C17H24N2O5S/c1-12(2)18-25(22,23)14-9-7-13(8-10-14)16(20)19-11-5-4-6-15(19)17(21)24-3/h7-10,12,15,18H,4-6,11H2,1-3H3/t15-/m0/s1. The van der Waals surface area contributed by atoms with Crippen molar-refractivity contribution >= 4 is 21.9 Å². The summed E-state index contributed by atoms with van der Waals surface area (Å²) in [5.74, 6) is -0.718. The Kier molecular flexibility index (Phi) is 6.18. The Morgan fingerprint density at radius 3 is 2.40 bits per heavy atom. The second-order valence-electron chi connectivity index (χ2n) is 6.33. The second kappa shape index (κ2) is 7.97. The number of piperidine rings is 1. The number of carbonyl (C=O) groups is 2. The zero-order valence-electron chi connectivity index (χ0n) is 14.7. The fraction of sp³-hybridized carbons (Fsp3) is 0.529. The molecule has 25 heavy (non-hydrogen) atoms. The highest BCUT2D eigenvalue weighted by atomic mass is 32.2. The Morgan fingerprint density at radius 2 is 1.84 bits per heavy atom. The topological polar surface area (TPSA) is 92.8 Å². The van der Waals surface area contributed by atoms with Crippen LogP contribution in [0.2, 0.25) is 0 Å². The van der Waals surface area contributed by atoms with Gasteiger partial charge in [-0.3, -0.25) is 4.79 Å². The van der Waals surface area contributed by atoms with Gasteiger partial charge >= 0.3 is 5.97 Å². The van der Waals surface area contributed by atoms with Crippen LogP contribution >= 0.6 is 0 Å². The number of carbonyl (C=O) groups excluding carboxylic acids is 2. The SMILES string of the molecule is COC(=O)[C@@H]1CCCCN1C(=O)c1ccc(S(=O)(=O)NC(C)C)cc1. The third-order valence-corrected chi connectivity index (χ3v) is 5.71. The maximum Gasteiger partial charge on any atom is 0.328 e. The van der Waals surface area contributed by atoms with Crippen molar-refractivity contribution in [2.45, 2.75) is 50.1 Å². The first-order chi connectivity index (χ1) is 11.8. The van der Waals surface area contributed by atoms with Crippen molar-refractivity contribution in [3.05, 3.63) is 29.8 Å². The number of esters is 1. The van der Waals surface area contributed by atoms with Gasteiger partial charge in [-0.05, 0) is 57.4 Å². The predicted octanol–water partition coefficient (Wildman–Crippen LogP) is 1.54. The normalized spacial score (nSPS) is 18.2. The van der Waals surface area contributed by atoms with Crippen molar-refractivity contribution in [2.75, 3.05) is 13.7 Å². The summed E-state index contributed by atoms with van der Waals surface area (Å²) in [6, 6.07) is 4.93. The zero-order chi connectivity index (χ0) is 18.6. The molecule has 1 aromatic rings. The van der Waals surface area contributed by atoms with Crippen molar-refractivity contribution < 1.29 is 22.7 Å². The van der Waals surface area contributed by atoms with E-state index in [0.29, 0.717) is 18.5 Å². The maximum absolute atomic E-state index is 12.7. The molecule has 138 valence electrons. The predicted molar refractivity (Wildman–Crippen MR) is 92.6 cm³/mol. The van der Waals surface area contributed by atoms with Crippen LogP contribution in [0.15, 0.2) is 29.2 Å². The van der Waals surface area contributed by atoms with E-state index in [1.165, 1.54) is 36.3 Å². The third-order valence-electron chi connectivity index (χ3n) is 4.04. The second-order valence-corrected chi connectivity index (χ2v) is 8.05. The van der Waals surface area contributed by atoms with Crippen molar-refractivity contribution in [1.82, 2.24) is 9.62 Å². The molecule has 1 saturated heterocycles. The van der Waals surface area contributed by atoms with E-state index in [9.17, 15) is 18.0 Å². The number of hydrogen-bond donors (Lipinski definition) is 1. The van der Waals surface area contributed by atoms with E-state index in [4.69, 9.17) is 4.74 Å². The molecule has 1 amide bonds. The summed E-state index contributed by atoms with van der Waals surface area (Å²) in [6.07, 6.45) is 2.26. The van der Waals surface area contributed by atoms with Gasteiger partial charge in [0.1, 0.15) is 6.04 Å². The summed E-state index contributed by atoms with van der Waals surface area (Å²) in [7, 11) is -2.30. The van der Waals surface area contributed by atoms with E-state index < -0.39 is 22.0 Å². The molecule has 7 nitrogen and oxygen atoms in total. The van der Waals surface area contributed by atoms with Crippen molar-refractivity contribution in [3.63, 3.8) is 0 Å². The quantitative estimate of drug-likeness (QED) is 0.796. The molecule has 1 N–H and O–H groups in total. The highest BCUT2D eigenvalue weighted by molar-refractivity contribution is 7.89. The lowest BCUT2D eigenvalue weighted by Gasteiger charge is -2.33. The van der Waals surface area contributed by atoms with E-state index in [1.807, 2.05) is 0 Å². The Bertz CT molecular complexity index is 728. The number of hydrogen-bond acceptors (Lipinski definition) is 5. The molecule has 0 saturated carbocycles. The Morgan fingerprint density at radius 1 is 1.20 bits per heavy atom. The molecule has 1 aliphatic heterocycles. The summed E-state index contributed by atoms with van der Waals surface area (Å²) >= 11 is 0. The first-order valence-electron chi connectivity index (χ1n) is 8.27. The van der Waals surface area contributed by atoms with Gasteiger partial charge in [-0.2, -0.15) is 0 Å². The molecular formula is C17H24N2O5S.